The summed E-state index contributed by atoms with van der Waals surface area (Å²) in [5, 5.41) is 0.495. The van der Waals surface area contributed by atoms with Crippen molar-refractivity contribution in [3.63, 3.8) is 0 Å². The number of amides is 1. The van der Waals surface area contributed by atoms with E-state index in [-0.39, 0.29) is 30.2 Å². The van der Waals surface area contributed by atoms with Crippen LogP contribution in [0, 0.1) is 0 Å². The van der Waals surface area contributed by atoms with Gasteiger partial charge in [-0.15, -0.1) is 0 Å². The molecule has 1 amide bonds. The molecule has 0 unspecified atom stereocenters. The van der Waals surface area contributed by atoms with Crippen molar-refractivity contribution in [1.29, 1.82) is 0 Å². The molecule has 7 nitrogen and oxygen atoms in total. The molecule has 4 rings (SSSR count). The minimum absolute atomic E-state index is 0.0688. The van der Waals surface area contributed by atoms with Crippen LogP contribution < -0.4 is 5.56 Å². The van der Waals surface area contributed by atoms with Crippen LogP contribution in [0.5, 0.6) is 0 Å². The summed E-state index contributed by atoms with van der Waals surface area (Å²) in [5.74, 6) is 0.0178. The second-order valence-corrected chi connectivity index (χ2v) is 7.83. The van der Waals surface area contributed by atoms with Crippen molar-refractivity contribution in [3.05, 3.63) is 39.9 Å². The quantitative estimate of drug-likeness (QED) is 0.760. The van der Waals surface area contributed by atoms with E-state index in [2.05, 4.69) is 4.98 Å². The van der Waals surface area contributed by atoms with Crippen LogP contribution in [-0.4, -0.2) is 45.0 Å². The molecular weight excluding hydrogens is 358 g/mol. The van der Waals surface area contributed by atoms with E-state index < -0.39 is 5.97 Å². The molecule has 0 spiro atoms. The Labute approximate surface area is 163 Å². The van der Waals surface area contributed by atoms with E-state index >= 15 is 0 Å². The van der Waals surface area contributed by atoms with Gasteiger partial charge in [0.25, 0.3) is 11.5 Å². The first-order valence-electron chi connectivity index (χ1n) is 9.97. The van der Waals surface area contributed by atoms with Crippen molar-refractivity contribution >= 4 is 22.8 Å². The number of piperidine rings is 1. The summed E-state index contributed by atoms with van der Waals surface area (Å²) < 4.78 is 6.96. The lowest BCUT2D eigenvalue weighted by atomic mass is 9.97. The number of hydrogen-bond acceptors (Lipinski definition) is 5. The molecule has 2 aromatic rings. The summed E-state index contributed by atoms with van der Waals surface area (Å²) >= 11 is 0. The number of benzene rings is 1. The molecule has 1 fully saturated rings. The van der Waals surface area contributed by atoms with E-state index in [1.54, 1.807) is 22.8 Å². The molecule has 1 aromatic carbocycles. The van der Waals surface area contributed by atoms with E-state index in [9.17, 15) is 14.4 Å². The molecule has 148 valence electrons. The summed E-state index contributed by atoms with van der Waals surface area (Å²) in [5.41, 5.74) is 0.729. The average Bonchev–Trinajstić information content (AvgIpc) is 3.14. The zero-order valence-electron chi connectivity index (χ0n) is 16.3. The number of hydrogen-bond donors (Lipinski definition) is 0. The highest BCUT2D eigenvalue weighted by molar-refractivity contribution is 5.95. The van der Waals surface area contributed by atoms with Crippen LogP contribution in [0.15, 0.2) is 23.0 Å². The van der Waals surface area contributed by atoms with E-state index in [0.29, 0.717) is 23.0 Å². The number of carbonyl (C=O) groups excluding carboxylic acids is 2. The Kier molecular flexibility index (Phi) is 4.91. The number of likely N-dealkylation sites (tertiary alicyclic amines) is 1. The number of fused-ring (bicyclic) bond motifs is 2. The number of ether oxygens (including phenoxy) is 1. The zero-order chi connectivity index (χ0) is 19.8. The summed E-state index contributed by atoms with van der Waals surface area (Å²) in [4.78, 5) is 43.8. The fourth-order valence-corrected chi connectivity index (χ4v) is 4.41. The average molecular weight is 383 g/mol. The Balaban J connectivity index is 1.49. The van der Waals surface area contributed by atoms with E-state index in [1.165, 1.54) is 0 Å². The van der Waals surface area contributed by atoms with Crippen LogP contribution >= 0.6 is 0 Å². The lowest BCUT2D eigenvalue weighted by molar-refractivity contribution is -0.140. The highest BCUT2D eigenvalue weighted by atomic mass is 16.5. The lowest BCUT2D eigenvalue weighted by Gasteiger charge is -2.38. The van der Waals surface area contributed by atoms with Gasteiger partial charge in [0.1, 0.15) is 5.82 Å². The molecule has 1 saturated heterocycles. The minimum Gasteiger partial charge on any atom is -0.452 e. The highest BCUT2D eigenvalue weighted by Gasteiger charge is 2.29. The molecule has 0 saturated carbocycles. The fraction of sp³-hybridized carbons (Fsp3) is 0.524. The number of esters is 1. The summed E-state index contributed by atoms with van der Waals surface area (Å²) in [6.07, 6.45) is 4.73. The number of carbonyl (C=O) groups is 2. The topological polar surface area (TPSA) is 81.5 Å². The lowest BCUT2D eigenvalue weighted by Crippen LogP contribution is -2.49. The monoisotopic (exact) mass is 383 g/mol. The maximum Gasteiger partial charge on any atom is 0.338 e. The second-order valence-electron chi connectivity index (χ2n) is 7.83. The van der Waals surface area contributed by atoms with Gasteiger partial charge in [-0.1, -0.05) is 0 Å². The zero-order valence-corrected chi connectivity index (χ0v) is 16.3. The number of aromatic nitrogens is 2. The molecule has 3 heterocycles. The molecule has 0 aliphatic carbocycles. The van der Waals surface area contributed by atoms with Gasteiger partial charge >= 0.3 is 5.97 Å². The van der Waals surface area contributed by atoms with Crippen molar-refractivity contribution in [2.75, 3.05) is 6.61 Å². The van der Waals surface area contributed by atoms with Gasteiger partial charge in [-0.05, 0) is 57.7 Å². The van der Waals surface area contributed by atoms with Gasteiger partial charge in [0, 0.05) is 25.0 Å². The van der Waals surface area contributed by atoms with Gasteiger partial charge in [-0.25, -0.2) is 9.78 Å². The molecule has 0 N–H and O–H groups in total. The maximum atomic E-state index is 12.5. The third-order valence-electron chi connectivity index (χ3n) is 5.86. The Morgan fingerprint density at radius 1 is 1.18 bits per heavy atom. The van der Waals surface area contributed by atoms with Crippen LogP contribution in [0.1, 0.15) is 55.7 Å². The number of rotatable bonds is 3. The van der Waals surface area contributed by atoms with Crippen molar-refractivity contribution in [1.82, 2.24) is 14.5 Å². The van der Waals surface area contributed by atoms with E-state index in [0.717, 1.165) is 37.9 Å². The van der Waals surface area contributed by atoms with Crippen molar-refractivity contribution < 1.29 is 14.3 Å². The van der Waals surface area contributed by atoms with Crippen molar-refractivity contribution in [2.24, 2.45) is 0 Å². The van der Waals surface area contributed by atoms with Gasteiger partial charge < -0.3 is 9.64 Å². The van der Waals surface area contributed by atoms with Gasteiger partial charge in [-0.2, -0.15) is 0 Å². The summed E-state index contributed by atoms with van der Waals surface area (Å²) in [6, 6.07) is 5.08. The standard InChI is InChI=1S/C21H25N3O4/c1-13-5-3-6-14(2)24(13)19(25)12-28-21(27)15-8-9-16-17(11-15)22-18-7-4-10-23(18)20(16)26/h8-9,11,13-14H,3-7,10,12H2,1-2H3/t13-,14-/m1/s1. The summed E-state index contributed by atoms with van der Waals surface area (Å²) in [7, 11) is 0. The SMILES string of the molecule is C[C@@H]1CCC[C@@H](C)N1C(=O)COC(=O)c1ccc2c(=O)n3c(nc2c1)CCC3. The Hall–Kier alpha value is -2.70. The smallest absolute Gasteiger partial charge is 0.338 e. The molecule has 2 aliphatic rings. The first kappa shape index (κ1) is 18.7. The first-order chi connectivity index (χ1) is 13.5. The van der Waals surface area contributed by atoms with Gasteiger partial charge in [0.2, 0.25) is 0 Å². The Morgan fingerprint density at radius 2 is 1.93 bits per heavy atom. The van der Waals surface area contributed by atoms with Crippen LogP contribution in [0.25, 0.3) is 10.9 Å². The molecular formula is C21H25N3O4. The highest BCUT2D eigenvalue weighted by Crippen LogP contribution is 2.23. The minimum atomic E-state index is -0.574. The first-order valence-corrected chi connectivity index (χ1v) is 9.97. The number of nitrogens with zero attached hydrogens (tertiary/aromatic N) is 3. The largest absolute Gasteiger partial charge is 0.452 e. The van der Waals surface area contributed by atoms with Crippen molar-refractivity contribution in [3.8, 4) is 0 Å². The van der Waals surface area contributed by atoms with E-state index in [1.807, 2.05) is 18.7 Å². The third kappa shape index (κ3) is 3.30. The third-order valence-corrected chi connectivity index (χ3v) is 5.86. The molecule has 2 atom stereocenters. The molecule has 0 bridgehead atoms. The molecule has 1 aromatic heterocycles. The Morgan fingerprint density at radius 3 is 2.68 bits per heavy atom. The van der Waals surface area contributed by atoms with Gasteiger partial charge in [-0.3, -0.25) is 14.2 Å². The Bertz CT molecular complexity index is 987. The van der Waals surface area contributed by atoms with Crippen molar-refractivity contribution in [2.45, 2.75) is 64.6 Å². The predicted molar refractivity (Wildman–Crippen MR) is 104 cm³/mol. The van der Waals surface area contributed by atoms with Gasteiger partial charge in [0.15, 0.2) is 6.61 Å². The van der Waals surface area contributed by atoms with Gasteiger partial charge in [0.05, 0.1) is 16.5 Å². The molecule has 2 aliphatic heterocycles. The molecule has 7 heteroatoms. The van der Waals surface area contributed by atoms with Crippen LogP contribution in [-0.2, 0) is 22.5 Å². The maximum absolute atomic E-state index is 12.5. The molecule has 0 radical (unpaired) electrons. The molecule has 28 heavy (non-hydrogen) atoms. The van der Waals surface area contributed by atoms with Crippen LogP contribution in [0.2, 0.25) is 0 Å². The fourth-order valence-electron chi connectivity index (χ4n) is 4.41. The summed E-state index contributed by atoms with van der Waals surface area (Å²) in [6.45, 7) is 4.48. The van der Waals surface area contributed by atoms with Crippen LogP contribution in [0.4, 0.5) is 0 Å². The van der Waals surface area contributed by atoms with Crippen LogP contribution in [0.3, 0.4) is 0 Å². The predicted octanol–water partition coefficient (Wildman–Crippen LogP) is 2.29. The van der Waals surface area contributed by atoms with E-state index in [4.69, 9.17) is 4.74 Å². The normalized spacial score (nSPS) is 21.6. The number of aryl methyl sites for hydroxylation is 1. The second kappa shape index (κ2) is 7.37.